The van der Waals surface area contributed by atoms with Crippen LogP contribution in [0.5, 0.6) is 0 Å². The standard InChI is InChI=1S/C17H19ClN2OS/c1-2-10-3-8-13-14(9-10)22-16(19)15(13)17(21)20-12-6-4-11(18)5-7-12/h4-7,10H,2-3,8-9,19H2,1H3,(H,20,21). The molecule has 1 heterocycles. The van der Waals surface area contributed by atoms with E-state index in [2.05, 4.69) is 12.2 Å². The molecule has 0 bridgehead atoms. The van der Waals surface area contributed by atoms with E-state index in [-0.39, 0.29) is 5.91 Å². The van der Waals surface area contributed by atoms with Gasteiger partial charge in [-0.15, -0.1) is 11.3 Å². The van der Waals surface area contributed by atoms with Crippen LogP contribution in [0.4, 0.5) is 10.7 Å². The third-order valence-corrected chi connectivity index (χ3v) is 5.64. The minimum absolute atomic E-state index is 0.118. The molecular formula is C17H19ClN2OS. The highest BCUT2D eigenvalue weighted by Gasteiger charge is 2.27. The van der Waals surface area contributed by atoms with Gasteiger partial charge in [-0.3, -0.25) is 4.79 Å². The fraction of sp³-hybridized carbons (Fsp3) is 0.353. The number of amides is 1. The van der Waals surface area contributed by atoms with Crippen LogP contribution in [0, 0.1) is 5.92 Å². The topological polar surface area (TPSA) is 55.1 Å². The van der Waals surface area contributed by atoms with Gasteiger partial charge < -0.3 is 11.1 Å². The Kier molecular flexibility index (Phi) is 4.41. The lowest BCUT2D eigenvalue weighted by Gasteiger charge is -2.21. The van der Waals surface area contributed by atoms with Crippen LogP contribution < -0.4 is 11.1 Å². The predicted octanol–water partition coefficient (Wildman–Crippen LogP) is 4.75. The molecule has 0 aliphatic heterocycles. The van der Waals surface area contributed by atoms with Gasteiger partial charge >= 0.3 is 0 Å². The third kappa shape index (κ3) is 2.99. The maximum atomic E-state index is 12.6. The average molecular weight is 335 g/mol. The molecule has 116 valence electrons. The summed E-state index contributed by atoms with van der Waals surface area (Å²) in [6, 6.07) is 7.11. The Labute approximate surface area is 139 Å². The van der Waals surface area contributed by atoms with Gasteiger partial charge in [0.05, 0.1) is 10.6 Å². The van der Waals surface area contributed by atoms with Crippen LogP contribution in [0.25, 0.3) is 0 Å². The van der Waals surface area contributed by atoms with Crippen molar-refractivity contribution in [2.24, 2.45) is 5.92 Å². The molecule has 0 radical (unpaired) electrons. The lowest BCUT2D eigenvalue weighted by molar-refractivity contribution is 0.102. The lowest BCUT2D eigenvalue weighted by atomic mass is 9.85. The van der Waals surface area contributed by atoms with Gasteiger partial charge in [0.2, 0.25) is 0 Å². The molecule has 1 aliphatic rings. The van der Waals surface area contributed by atoms with Crippen molar-refractivity contribution < 1.29 is 4.79 Å². The molecule has 1 amide bonds. The van der Waals surface area contributed by atoms with Gasteiger partial charge in [0.1, 0.15) is 0 Å². The molecule has 0 saturated carbocycles. The Bertz CT molecular complexity index is 693. The van der Waals surface area contributed by atoms with E-state index < -0.39 is 0 Å². The average Bonchev–Trinajstić information content (AvgIpc) is 2.84. The van der Waals surface area contributed by atoms with Crippen LogP contribution in [0.3, 0.4) is 0 Å². The first-order chi connectivity index (χ1) is 10.6. The molecule has 1 aromatic carbocycles. The minimum atomic E-state index is -0.118. The summed E-state index contributed by atoms with van der Waals surface area (Å²) in [5.41, 5.74) is 8.68. The highest BCUT2D eigenvalue weighted by Crippen LogP contribution is 2.39. The zero-order valence-corrected chi connectivity index (χ0v) is 14.1. The van der Waals surface area contributed by atoms with E-state index in [1.807, 2.05) is 0 Å². The first-order valence-electron chi connectivity index (χ1n) is 7.55. The minimum Gasteiger partial charge on any atom is -0.390 e. The number of halogens is 1. The lowest BCUT2D eigenvalue weighted by Crippen LogP contribution is -2.18. The maximum absolute atomic E-state index is 12.6. The van der Waals surface area contributed by atoms with Crippen LogP contribution in [0.15, 0.2) is 24.3 Å². The highest BCUT2D eigenvalue weighted by atomic mass is 35.5. The van der Waals surface area contributed by atoms with E-state index >= 15 is 0 Å². The number of nitrogens with one attached hydrogen (secondary N) is 1. The summed E-state index contributed by atoms with van der Waals surface area (Å²) in [6.45, 7) is 2.22. The van der Waals surface area contributed by atoms with Gasteiger partial charge in [0.25, 0.3) is 5.91 Å². The van der Waals surface area contributed by atoms with Crippen molar-refractivity contribution in [2.45, 2.75) is 32.6 Å². The van der Waals surface area contributed by atoms with Crippen molar-refractivity contribution in [1.82, 2.24) is 0 Å². The van der Waals surface area contributed by atoms with Gasteiger partial charge in [-0.05, 0) is 55.0 Å². The number of benzene rings is 1. The second-order valence-electron chi connectivity index (χ2n) is 5.72. The molecule has 5 heteroatoms. The normalized spacial score (nSPS) is 17.1. The van der Waals surface area contributed by atoms with Crippen LogP contribution in [0.1, 0.15) is 40.6 Å². The quantitative estimate of drug-likeness (QED) is 0.850. The first kappa shape index (κ1) is 15.4. The van der Waals surface area contributed by atoms with Crippen LogP contribution in [0.2, 0.25) is 5.02 Å². The summed E-state index contributed by atoms with van der Waals surface area (Å²) in [6.07, 6.45) is 4.32. The van der Waals surface area contributed by atoms with E-state index in [1.165, 1.54) is 11.3 Å². The number of thiophene rings is 1. The molecule has 3 rings (SSSR count). The third-order valence-electron chi connectivity index (χ3n) is 4.30. The summed E-state index contributed by atoms with van der Waals surface area (Å²) in [5.74, 6) is 0.602. The summed E-state index contributed by atoms with van der Waals surface area (Å²) < 4.78 is 0. The monoisotopic (exact) mass is 334 g/mol. The molecular weight excluding hydrogens is 316 g/mol. The van der Waals surface area contributed by atoms with Gasteiger partial charge in [-0.1, -0.05) is 24.9 Å². The van der Waals surface area contributed by atoms with Gasteiger partial charge in [0.15, 0.2) is 0 Å². The number of hydrogen-bond donors (Lipinski definition) is 2. The fourth-order valence-corrected chi connectivity index (χ4v) is 4.36. The Morgan fingerprint density at radius 3 is 2.82 bits per heavy atom. The number of nitrogen functional groups attached to an aromatic ring is 1. The number of anilines is 2. The van der Waals surface area contributed by atoms with E-state index in [1.54, 1.807) is 35.6 Å². The molecule has 0 fully saturated rings. The predicted molar refractivity (Wildman–Crippen MR) is 93.9 cm³/mol. The van der Waals surface area contributed by atoms with Crippen LogP contribution >= 0.6 is 22.9 Å². The number of fused-ring (bicyclic) bond motifs is 1. The molecule has 1 aromatic heterocycles. The smallest absolute Gasteiger partial charge is 0.258 e. The number of nitrogens with two attached hydrogens (primary N) is 1. The second kappa shape index (κ2) is 6.31. The van der Waals surface area contributed by atoms with Crippen molar-refractivity contribution >= 4 is 39.5 Å². The molecule has 2 aromatic rings. The number of carbonyl (C=O) groups excluding carboxylic acids is 1. The number of rotatable bonds is 3. The summed E-state index contributed by atoms with van der Waals surface area (Å²) >= 11 is 7.44. The van der Waals surface area contributed by atoms with Crippen molar-refractivity contribution in [1.29, 1.82) is 0 Å². The van der Waals surface area contributed by atoms with Gasteiger partial charge in [0, 0.05) is 15.6 Å². The van der Waals surface area contributed by atoms with Crippen molar-refractivity contribution in [3.63, 3.8) is 0 Å². The van der Waals surface area contributed by atoms with Crippen LogP contribution in [-0.4, -0.2) is 5.91 Å². The molecule has 3 N–H and O–H groups in total. The Morgan fingerprint density at radius 2 is 2.14 bits per heavy atom. The Balaban J connectivity index is 1.84. The Morgan fingerprint density at radius 1 is 1.41 bits per heavy atom. The Hall–Kier alpha value is -1.52. The van der Waals surface area contributed by atoms with Crippen LogP contribution in [-0.2, 0) is 12.8 Å². The van der Waals surface area contributed by atoms with E-state index in [9.17, 15) is 4.79 Å². The second-order valence-corrected chi connectivity index (χ2v) is 7.29. The summed E-state index contributed by atoms with van der Waals surface area (Å²) in [7, 11) is 0. The highest BCUT2D eigenvalue weighted by molar-refractivity contribution is 7.16. The summed E-state index contributed by atoms with van der Waals surface area (Å²) in [4.78, 5) is 13.9. The summed E-state index contributed by atoms with van der Waals surface area (Å²) in [5, 5.41) is 4.20. The van der Waals surface area contributed by atoms with Crippen molar-refractivity contribution in [3.05, 3.63) is 45.3 Å². The molecule has 1 aliphatic carbocycles. The molecule has 3 nitrogen and oxygen atoms in total. The van der Waals surface area contributed by atoms with E-state index in [0.717, 1.165) is 36.4 Å². The molecule has 0 saturated heterocycles. The maximum Gasteiger partial charge on any atom is 0.258 e. The molecule has 22 heavy (non-hydrogen) atoms. The van der Waals surface area contributed by atoms with E-state index in [0.29, 0.717) is 15.6 Å². The number of hydrogen-bond acceptors (Lipinski definition) is 3. The van der Waals surface area contributed by atoms with E-state index in [4.69, 9.17) is 17.3 Å². The van der Waals surface area contributed by atoms with Crippen molar-refractivity contribution in [2.75, 3.05) is 11.1 Å². The first-order valence-corrected chi connectivity index (χ1v) is 8.74. The van der Waals surface area contributed by atoms with Gasteiger partial charge in [-0.25, -0.2) is 0 Å². The zero-order valence-electron chi connectivity index (χ0n) is 12.5. The SMILES string of the molecule is CCC1CCc2c(sc(N)c2C(=O)Nc2ccc(Cl)cc2)C1. The van der Waals surface area contributed by atoms with Crippen molar-refractivity contribution in [3.8, 4) is 0 Å². The largest absolute Gasteiger partial charge is 0.390 e. The fourth-order valence-electron chi connectivity index (χ4n) is 3.00. The molecule has 1 atom stereocenters. The molecule has 0 spiro atoms. The molecule has 1 unspecified atom stereocenters. The van der Waals surface area contributed by atoms with Gasteiger partial charge in [-0.2, -0.15) is 0 Å². The number of carbonyl (C=O) groups is 1. The zero-order chi connectivity index (χ0) is 15.7.